The Bertz CT molecular complexity index is 336. The molecule has 1 aromatic rings. The molecule has 11 nitrogen and oxygen atoms in total. The Kier molecular flexibility index (Phi) is 48.8. The van der Waals surface area contributed by atoms with E-state index in [0.29, 0.717) is 0 Å². The SMILES string of the molecule is O.O.O.O.O.O.O=C(O)c1cccnc1C(=O)O.[Cl][Fe][Cl]. The third kappa shape index (κ3) is 16.9. The molecule has 14 heteroatoms. The van der Waals surface area contributed by atoms with E-state index in [2.05, 4.69) is 4.98 Å². The summed E-state index contributed by atoms with van der Waals surface area (Å²) in [6, 6.07) is 2.56. The van der Waals surface area contributed by atoms with Gasteiger partial charge in [0.05, 0.1) is 5.56 Å². The van der Waals surface area contributed by atoms with E-state index in [0.717, 1.165) is 0 Å². The van der Waals surface area contributed by atoms with Gasteiger partial charge in [-0.05, 0) is 12.1 Å². The summed E-state index contributed by atoms with van der Waals surface area (Å²) in [5, 5.41) is 17.0. The van der Waals surface area contributed by atoms with E-state index in [-0.39, 0.29) is 51.6 Å². The molecular weight excluding hydrogens is 385 g/mol. The standard InChI is InChI=1S/C7H5NO4.2ClH.Fe.6H2O/c9-6(10)4-2-1-3-8-5(4)7(11)12;;;;;;;;;/h1-3H,(H,9,10)(H,11,12);2*1H;;6*1H2/q;;;+2;;;;;;/p-2. The Morgan fingerprint density at radius 3 is 1.57 bits per heavy atom. The van der Waals surface area contributed by atoms with Crippen molar-refractivity contribution in [3.63, 3.8) is 0 Å². The molecule has 0 aliphatic carbocycles. The van der Waals surface area contributed by atoms with E-state index in [1.807, 2.05) is 0 Å². The molecule has 0 fully saturated rings. The van der Waals surface area contributed by atoms with Crippen molar-refractivity contribution >= 4 is 32.1 Å². The summed E-state index contributed by atoms with van der Waals surface area (Å²) in [5.41, 5.74) is -0.741. The van der Waals surface area contributed by atoms with Gasteiger partial charge in [-0.2, -0.15) is 0 Å². The Labute approximate surface area is 133 Å². The molecule has 21 heavy (non-hydrogen) atoms. The minimum absolute atomic E-state index is 0. The summed E-state index contributed by atoms with van der Waals surface area (Å²) in [5.74, 6) is -2.63. The van der Waals surface area contributed by atoms with Crippen LogP contribution in [0.25, 0.3) is 0 Å². The van der Waals surface area contributed by atoms with Crippen molar-refractivity contribution in [2.75, 3.05) is 0 Å². The van der Waals surface area contributed by atoms with Crippen molar-refractivity contribution in [2.45, 2.75) is 0 Å². The quantitative estimate of drug-likeness (QED) is 0.485. The van der Waals surface area contributed by atoms with Crippen LogP contribution < -0.4 is 0 Å². The summed E-state index contributed by atoms with van der Waals surface area (Å²) in [7, 11) is 9.53. The van der Waals surface area contributed by atoms with E-state index >= 15 is 0 Å². The predicted octanol–water partition coefficient (Wildman–Crippen LogP) is -3.09. The number of carboxylic acid groups (broad SMARTS) is 2. The van der Waals surface area contributed by atoms with Gasteiger partial charge >= 0.3 is 45.3 Å². The monoisotopic (exact) mass is 401 g/mol. The van der Waals surface area contributed by atoms with Gasteiger partial charge in [0.1, 0.15) is 0 Å². The molecule has 0 amide bonds. The van der Waals surface area contributed by atoms with Gasteiger partial charge in [0, 0.05) is 6.20 Å². The number of aromatic carboxylic acids is 2. The molecule has 0 aliphatic rings. The Morgan fingerprint density at radius 1 is 0.952 bits per heavy atom. The fraction of sp³-hybridized carbons (Fsp3) is 0. The van der Waals surface area contributed by atoms with Crippen molar-refractivity contribution in [1.82, 2.24) is 4.98 Å². The number of aromatic nitrogens is 1. The zero-order valence-electron chi connectivity index (χ0n) is 10.00. The van der Waals surface area contributed by atoms with Gasteiger partial charge < -0.3 is 43.1 Å². The van der Waals surface area contributed by atoms with Crippen molar-refractivity contribution in [2.24, 2.45) is 0 Å². The molecular formula is C7H17Cl2FeNO10. The topological polar surface area (TPSA) is 276 Å². The van der Waals surface area contributed by atoms with Crippen LogP contribution >= 0.6 is 20.2 Å². The van der Waals surface area contributed by atoms with E-state index < -0.39 is 17.6 Å². The molecule has 0 aromatic carbocycles. The summed E-state index contributed by atoms with van der Waals surface area (Å²) < 4.78 is 0. The van der Waals surface area contributed by atoms with Gasteiger partial charge in [0.2, 0.25) is 0 Å². The number of hydrogen-bond acceptors (Lipinski definition) is 3. The molecule has 0 unspecified atom stereocenters. The molecule has 14 N–H and O–H groups in total. The number of pyridine rings is 1. The number of hydrogen-bond donors (Lipinski definition) is 2. The molecule has 1 rings (SSSR count). The van der Waals surface area contributed by atoms with Crippen molar-refractivity contribution in [1.29, 1.82) is 0 Å². The second kappa shape index (κ2) is 24.0. The predicted molar refractivity (Wildman–Crippen MR) is 71.5 cm³/mol. The van der Waals surface area contributed by atoms with E-state index in [4.69, 9.17) is 30.4 Å². The molecule has 0 bridgehead atoms. The van der Waals surface area contributed by atoms with Crippen LogP contribution in [0.1, 0.15) is 20.8 Å². The maximum absolute atomic E-state index is 10.4. The van der Waals surface area contributed by atoms with Gasteiger partial charge in [-0.3, -0.25) is 0 Å². The van der Waals surface area contributed by atoms with Crippen LogP contribution in [-0.4, -0.2) is 60.0 Å². The molecule has 0 spiro atoms. The van der Waals surface area contributed by atoms with Crippen molar-refractivity contribution < 1.29 is 65.8 Å². The zero-order chi connectivity index (χ0) is 11.8. The molecule has 0 radical (unpaired) electrons. The van der Waals surface area contributed by atoms with Crippen molar-refractivity contribution in [3.8, 4) is 0 Å². The summed E-state index contributed by atoms with van der Waals surface area (Å²) in [6.45, 7) is 0. The van der Waals surface area contributed by atoms with Crippen LogP contribution in [0.4, 0.5) is 0 Å². The molecule has 0 saturated carbocycles. The molecule has 1 heterocycles. The molecule has 0 atom stereocenters. The van der Waals surface area contributed by atoms with Gasteiger partial charge in [0.15, 0.2) is 5.69 Å². The fourth-order valence-corrected chi connectivity index (χ4v) is 0.748. The summed E-state index contributed by atoms with van der Waals surface area (Å²) in [6.07, 6.45) is 1.23. The van der Waals surface area contributed by atoms with Gasteiger partial charge in [-0.1, -0.05) is 0 Å². The fourth-order valence-electron chi connectivity index (χ4n) is 0.748. The third-order valence-electron chi connectivity index (χ3n) is 1.24. The van der Waals surface area contributed by atoms with E-state index in [1.165, 1.54) is 18.3 Å². The van der Waals surface area contributed by atoms with E-state index in [9.17, 15) is 9.59 Å². The first-order chi connectivity index (χ1) is 7.04. The number of carbonyl (C=O) groups is 2. The van der Waals surface area contributed by atoms with Gasteiger partial charge in [-0.15, -0.1) is 0 Å². The number of rotatable bonds is 2. The molecule has 0 aliphatic heterocycles. The Hall–Kier alpha value is -1.05. The van der Waals surface area contributed by atoms with Crippen LogP contribution in [0.2, 0.25) is 0 Å². The van der Waals surface area contributed by atoms with Crippen LogP contribution in [0.5, 0.6) is 0 Å². The number of halogens is 2. The number of nitrogens with zero attached hydrogens (tertiary/aromatic N) is 1. The average molecular weight is 402 g/mol. The molecule has 132 valence electrons. The number of carboxylic acids is 2. The van der Waals surface area contributed by atoms with Crippen LogP contribution in [0.3, 0.4) is 0 Å². The first-order valence-electron chi connectivity index (χ1n) is 3.31. The van der Waals surface area contributed by atoms with Crippen LogP contribution in [0.15, 0.2) is 18.3 Å². The zero-order valence-corrected chi connectivity index (χ0v) is 12.6. The minimum atomic E-state index is -1.34. The molecule has 1 aromatic heterocycles. The van der Waals surface area contributed by atoms with Crippen LogP contribution in [-0.2, 0) is 13.1 Å². The van der Waals surface area contributed by atoms with Crippen LogP contribution in [0, 0.1) is 0 Å². The second-order valence-corrected chi connectivity index (χ2v) is 3.88. The maximum atomic E-state index is 10.4. The first-order valence-corrected chi connectivity index (χ1v) is 6.35. The summed E-state index contributed by atoms with van der Waals surface area (Å²) >= 11 is 0.194. The van der Waals surface area contributed by atoms with Crippen molar-refractivity contribution in [3.05, 3.63) is 29.6 Å². The third-order valence-corrected chi connectivity index (χ3v) is 1.24. The van der Waals surface area contributed by atoms with Gasteiger partial charge in [-0.25, -0.2) is 14.6 Å². The Balaban J connectivity index is -0.0000000404. The second-order valence-electron chi connectivity index (χ2n) is 2.06. The Morgan fingerprint density at radius 2 is 1.33 bits per heavy atom. The first kappa shape index (κ1) is 42.7. The average Bonchev–Trinajstić information content (AvgIpc) is 2.19. The molecule has 0 saturated heterocycles. The van der Waals surface area contributed by atoms with Gasteiger partial charge in [0.25, 0.3) is 0 Å². The summed E-state index contributed by atoms with van der Waals surface area (Å²) in [4.78, 5) is 24.2. The normalized spacial score (nSPS) is 6.38. The van der Waals surface area contributed by atoms with E-state index in [1.54, 1.807) is 0 Å².